The Hall–Kier alpha value is -8.02. The lowest BCUT2D eigenvalue weighted by Crippen LogP contribution is -1.98. The average molecular weight is 824 g/mol. The Kier molecular flexibility index (Phi) is 10.3. The molecule has 5 heteroatoms. The summed E-state index contributed by atoms with van der Waals surface area (Å²) in [6.07, 6.45) is 9.34. The molecule has 0 N–H and O–H groups in total. The lowest BCUT2D eigenvalue weighted by Gasteiger charge is -2.16. The van der Waals surface area contributed by atoms with Crippen molar-refractivity contribution < 1.29 is 0 Å². The van der Waals surface area contributed by atoms with Crippen LogP contribution >= 0.6 is 0 Å². The van der Waals surface area contributed by atoms with Gasteiger partial charge in [0, 0.05) is 51.6 Å². The highest BCUT2D eigenvalue weighted by Crippen LogP contribution is 2.39. The van der Waals surface area contributed by atoms with E-state index in [9.17, 15) is 0 Å². The maximum absolute atomic E-state index is 5.23. The standard InChI is InChI=1S/C59H45N5/c1-40-57(47-12-3-2-4-13-47)63-64-56-18-11-35-62-58(56)52-32-31-48(39-53(52)59(40)64)50-14-5-6-15-51(50)49-37-43(21-19-41-23-27-45(28-24-41)54-16-7-9-33-60-54)36-44(38-49)22-20-42-25-29-46(30-26-42)55-17-8-10-34-61-55/h2-18,23-39H,19-22H2,1H3. The van der Waals surface area contributed by atoms with E-state index in [0.29, 0.717) is 0 Å². The van der Waals surface area contributed by atoms with Crippen molar-refractivity contribution in [1.29, 1.82) is 0 Å². The highest BCUT2D eigenvalue weighted by Gasteiger charge is 2.19. The fourth-order valence-corrected chi connectivity index (χ4v) is 9.27. The highest BCUT2D eigenvalue weighted by molar-refractivity contribution is 6.13. The second kappa shape index (κ2) is 17.0. The molecule has 5 aromatic heterocycles. The van der Waals surface area contributed by atoms with Crippen LogP contribution in [0.4, 0.5) is 0 Å². The van der Waals surface area contributed by atoms with E-state index in [1.807, 2.05) is 48.9 Å². The zero-order valence-electron chi connectivity index (χ0n) is 35.7. The van der Waals surface area contributed by atoms with Crippen molar-refractivity contribution in [2.75, 3.05) is 0 Å². The van der Waals surface area contributed by atoms with Crippen LogP contribution in [0.3, 0.4) is 0 Å². The number of hydrogen-bond acceptors (Lipinski definition) is 4. The number of pyridine rings is 4. The predicted octanol–water partition coefficient (Wildman–Crippen LogP) is 14.0. The molecule has 11 aromatic rings. The van der Waals surface area contributed by atoms with Crippen LogP contribution in [-0.2, 0) is 25.7 Å². The molecule has 64 heavy (non-hydrogen) atoms. The molecule has 0 aliphatic heterocycles. The minimum absolute atomic E-state index is 0.934. The monoisotopic (exact) mass is 823 g/mol. The Balaban J connectivity index is 0.973. The van der Waals surface area contributed by atoms with E-state index in [1.165, 1.54) is 38.9 Å². The minimum atomic E-state index is 0.934. The topological polar surface area (TPSA) is 56.0 Å². The van der Waals surface area contributed by atoms with Crippen LogP contribution in [0.15, 0.2) is 207 Å². The van der Waals surface area contributed by atoms with Gasteiger partial charge >= 0.3 is 0 Å². The minimum Gasteiger partial charge on any atom is -0.256 e. The van der Waals surface area contributed by atoms with Crippen LogP contribution in [0, 0.1) is 6.92 Å². The van der Waals surface area contributed by atoms with Gasteiger partial charge in [0.15, 0.2) is 0 Å². The van der Waals surface area contributed by atoms with E-state index >= 15 is 0 Å². The Morgan fingerprint density at radius 2 is 0.938 bits per heavy atom. The summed E-state index contributed by atoms with van der Waals surface area (Å²) in [5, 5.41) is 7.50. The molecule has 0 saturated carbocycles. The quantitative estimate of drug-likeness (QED) is 0.122. The molecule has 0 bridgehead atoms. The summed E-state index contributed by atoms with van der Waals surface area (Å²) in [5.74, 6) is 0. The van der Waals surface area contributed by atoms with Crippen molar-refractivity contribution in [2.45, 2.75) is 32.6 Å². The van der Waals surface area contributed by atoms with Gasteiger partial charge in [-0.2, -0.15) is 5.10 Å². The molecule has 0 radical (unpaired) electrons. The first-order valence-corrected chi connectivity index (χ1v) is 22.1. The van der Waals surface area contributed by atoms with E-state index in [2.05, 4.69) is 179 Å². The summed E-state index contributed by atoms with van der Waals surface area (Å²) in [5.41, 5.74) is 20.7. The van der Waals surface area contributed by atoms with Crippen LogP contribution in [0.25, 0.3) is 83.3 Å². The summed E-state index contributed by atoms with van der Waals surface area (Å²) in [6, 6.07) is 67.5. The summed E-state index contributed by atoms with van der Waals surface area (Å²) in [4.78, 5) is 14.0. The summed E-state index contributed by atoms with van der Waals surface area (Å²) >= 11 is 0. The van der Waals surface area contributed by atoms with Crippen molar-refractivity contribution in [1.82, 2.24) is 24.6 Å². The van der Waals surface area contributed by atoms with E-state index in [-0.39, 0.29) is 0 Å². The zero-order valence-corrected chi connectivity index (χ0v) is 35.7. The maximum Gasteiger partial charge on any atom is 0.0966 e. The predicted molar refractivity (Wildman–Crippen MR) is 263 cm³/mol. The molecule has 0 atom stereocenters. The van der Waals surface area contributed by atoms with Gasteiger partial charge in [0.05, 0.1) is 33.6 Å². The van der Waals surface area contributed by atoms with Crippen molar-refractivity contribution in [2.24, 2.45) is 0 Å². The third-order valence-electron chi connectivity index (χ3n) is 12.5. The van der Waals surface area contributed by atoms with Gasteiger partial charge < -0.3 is 0 Å². The molecule has 0 fully saturated rings. The summed E-state index contributed by atoms with van der Waals surface area (Å²) in [6.45, 7) is 2.20. The van der Waals surface area contributed by atoms with Gasteiger partial charge in [0.2, 0.25) is 0 Å². The van der Waals surface area contributed by atoms with Crippen molar-refractivity contribution >= 4 is 27.3 Å². The van der Waals surface area contributed by atoms with Gasteiger partial charge in [0.25, 0.3) is 0 Å². The van der Waals surface area contributed by atoms with E-state index < -0.39 is 0 Å². The molecule has 0 aliphatic carbocycles. The van der Waals surface area contributed by atoms with Gasteiger partial charge in [-0.3, -0.25) is 15.0 Å². The van der Waals surface area contributed by atoms with Crippen LogP contribution in [-0.4, -0.2) is 24.6 Å². The number of rotatable bonds is 11. The van der Waals surface area contributed by atoms with Crippen molar-refractivity contribution in [3.63, 3.8) is 0 Å². The normalized spacial score (nSPS) is 11.5. The first-order valence-electron chi connectivity index (χ1n) is 22.1. The Bertz CT molecular complexity index is 3310. The van der Waals surface area contributed by atoms with E-state index in [1.54, 1.807) is 0 Å². The first-order chi connectivity index (χ1) is 31.6. The lowest BCUT2D eigenvalue weighted by atomic mass is 9.89. The summed E-state index contributed by atoms with van der Waals surface area (Å²) < 4.78 is 2.10. The molecule has 11 rings (SSSR count). The number of fused-ring (bicyclic) bond motifs is 6. The summed E-state index contributed by atoms with van der Waals surface area (Å²) in [7, 11) is 0. The second-order valence-corrected chi connectivity index (χ2v) is 16.6. The molecule has 5 nitrogen and oxygen atoms in total. The van der Waals surface area contributed by atoms with E-state index in [4.69, 9.17) is 10.1 Å². The number of aryl methyl sites for hydroxylation is 5. The Labute approximate surface area is 373 Å². The zero-order chi connectivity index (χ0) is 42.8. The van der Waals surface area contributed by atoms with Gasteiger partial charge in [-0.15, -0.1) is 0 Å². The second-order valence-electron chi connectivity index (χ2n) is 16.6. The molecular weight excluding hydrogens is 779 g/mol. The third kappa shape index (κ3) is 7.62. The third-order valence-corrected chi connectivity index (χ3v) is 12.5. The van der Waals surface area contributed by atoms with Gasteiger partial charge in [0.1, 0.15) is 0 Å². The molecule has 0 spiro atoms. The molecule has 0 unspecified atom stereocenters. The fraction of sp³-hybridized carbons (Fsp3) is 0.0847. The highest BCUT2D eigenvalue weighted by atomic mass is 15.2. The fourth-order valence-electron chi connectivity index (χ4n) is 9.27. The van der Waals surface area contributed by atoms with E-state index in [0.717, 1.165) is 97.9 Å². The van der Waals surface area contributed by atoms with Crippen molar-refractivity contribution in [3.05, 3.63) is 234 Å². The molecule has 306 valence electrons. The van der Waals surface area contributed by atoms with Crippen LogP contribution in [0.5, 0.6) is 0 Å². The molecule has 0 saturated heterocycles. The Morgan fingerprint density at radius 1 is 0.391 bits per heavy atom. The van der Waals surface area contributed by atoms with Crippen LogP contribution < -0.4 is 0 Å². The number of benzene rings is 6. The average Bonchev–Trinajstić information content (AvgIpc) is 3.73. The number of hydrogen-bond donors (Lipinski definition) is 0. The maximum atomic E-state index is 5.23. The molecular formula is C59H45N5. The van der Waals surface area contributed by atoms with Gasteiger partial charge in [-0.1, -0.05) is 146 Å². The molecule has 0 aliphatic rings. The van der Waals surface area contributed by atoms with Gasteiger partial charge in [-0.25, -0.2) is 4.52 Å². The van der Waals surface area contributed by atoms with Crippen molar-refractivity contribution in [3.8, 4) is 56.0 Å². The molecule has 0 amide bonds. The largest absolute Gasteiger partial charge is 0.256 e. The smallest absolute Gasteiger partial charge is 0.0966 e. The SMILES string of the molecule is Cc1c(-c2ccccc2)nn2c3cccnc3c3ccc(-c4ccccc4-c4cc(CCc5ccc(-c6ccccn6)cc5)cc(CCc5ccc(-c6ccccn6)cc5)c4)cc3c12. The molecule has 6 aromatic carbocycles. The van der Waals surface area contributed by atoms with Gasteiger partial charge in [-0.05, 0) is 120 Å². The molecule has 5 heterocycles. The number of nitrogens with zero attached hydrogens (tertiary/aromatic N) is 5. The lowest BCUT2D eigenvalue weighted by molar-refractivity contribution is 0.931. The van der Waals surface area contributed by atoms with Crippen LogP contribution in [0.2, 0.25) is 0 Å². The van der Waals surface area contributed by atoms with Crippen LogP contribution in [0.1, 0.15) is 27.8 Å². The number of aromatic nitrogens is 5. The Morgan fingerprint density at radius 3 is 1.55 bits per heavy atom. The first kappa shape index (κ1) is 38.9.